The molecule has 3 aromatic rings. The summed E-state index contributed by atoms with van der Waals surface area (Å²) in [6.45, 7) is 4.54. The molecule has 0 amide bonds. The van der Waals surface area contributed by atoms with E-state index in [4.69, 9.17) is 9.15 Å². The van der Waals surface area contributed by atoms with Crippen molar-refractivity contribution >= 4 is 11.0 Å². The first-order chi connectivity index (χ1) is 12.1. The van der Waals surface area contributed by atoms with E-state index in [2.05, 4.69) is 25.1 Å². The molecule has 0 N–H and O–H groups in total. The number of fused-ring (bicyclic) bond motifs is 3. The monoisotopic (exact) mass is 334 g/mol. The Labute approximate surface area is 147 Å². The van der Waals surface area contributed by atoms with Crippen LogP contribution in [0.1, 0.15) is 40.7 Å². The van der Waals surface area contributed by atoms with E-state index in [0.717, 1.165) is 53.5 Å². The van der Waals surface area contributed by atoms with Crippen molar-refractivity contribution in [3.05, 3.63) is 74.6 Å². The molecule has 1 aliphatic carbocycles. The van der Waals surface area contributed by atoms with Crippen molar-refractivity contribution in [1.29, 1.82) is 0 Å². The minimum absolute atomic E-state index is 0.180. The highest BCUT2D eigenvalue weighted by molar-refractivity contribution is 5.86. The van der Waals surface area contributed by atoms with E-state index in [1.807, 2.05) is 25.1 Å². The Balaban J connectivity index is 1.72. The molecule has 0 saturated heterocycles. The molecule has 0 radical (unpaired) electrons. The first-order valence-corrected chi connectivity index (χ1v) is 8.90. The molecule has 1 heterocycles. The molecule has 25 heavy (non-hydrogen) atoms. The minimum atomic E-state index is -0.180. The molecule has 1 aliphatic rings. The Bertz CT molecular complexity index is 998. The molecule has 0 bridgehead atoms. The topological polar surface area (TPSA) is 39.4 Å². The average molecular weight is 334 g/mol. The van der Waals surface area contributed by atoms with Crippen molar-refractivity contribution in [2.75, 3.05) is 0 Å². The van der Waals surface area contributed by atoms with Crippen molar-refractivity contribution in [1.82, 2.24) is 0 Å². The Kier molecular flexibility index (Phi) is 4.08. The summed E-state index contributed by atoms with van der Waals surface area (Å²) in [5, 5.41) is 1.06. The highest BCUT2D eigenvalue weighted by Gasteiger charge is 2.20. The number of rotatable bonds is 3. The van der Waals surface area contributed by atoms with Crippen LogP contribution in [0.2, 0.25) is 0 Å². The number of hydrogen-bond donors (Lipinski definition) is 0. The van der Waals surface area contributed by atoms with Crippen LogP contribution in [-0.2, 0) is 19.4 Å². The highest BCUT2D eigenvalue weighted by atomic mass is 16.5. The standard InChI is InChI=1S/C22H22O3/c1-14-6-5-7-16(12-14)13-24-20-11-10-18-17-8-3-4-9-19(17)22(23)25-21(18)15(20)2/h5-7,10-12H,3-4,8-9,13H2,1-2H3. The van der Waals surface area contributed by atoms with Gasteiger partial charge in [0.05, 0.1) is 0 Å². The van der Waals surface area contributed by atoms with Gasteiger partial charge in [0.1, 0.15) is 17.9 Å². The molecule has 4 rings (SSSR count). The van der Waals surface area contributed by atoms with Crippen LogP contribution in [0.3, 0.4) is 0 Å². The molecular weight excluding hydrogens is 312 g/mol. The van der Waals surface area contributed by atoms with Gasteiger partial charge in [-0.25, -0.2) is 4.79 Å². The van der Waals surface area contributed by atoms with Crippen LogP contribution in [0, 0.1) is 13.8 Å². The van der Waals surface area contributed by atoms with E-state index < -0.39 is 0 Å². The quantitative estimate of drug-likeness (QED) is 0.642. The molecule has 0 unspecified atom stereocenters. The van der Waals surface area contributed by atoms with Gasteiger partial charge in [-0.05, 0) is 62.8 Å². The van der Waals surface area contributed by atoms with Gasteiger partial charge in [-0.2, -0.15) is 0 Å². The number of benzene rings is 2. The summed E-state index contributed by atoms with van der Waals surface area (Å²) in [5.74, 6) is 0.771. The number of aryl methyl sites for hydroxylation is 3. The largest absolute Gasteiger partial charge is 0.488 e. The molecule has 0 fully saturated rings. The molecule has 1 aromatic heterocycles. The van der Waals surface area contributed by atoms with Gasteiger partial charge in [-0.15, -0.1) is 0 Å². The molecule has 2 aromatic carbocycles. The van der Waals surface area contributed by atoms with Gasteiger partial charge in [0.25, 0.3) is 0 Å². The second-order valence-electron chi connectivity index (χ2n) is 6.90. The van der Waals surface area contributed by atoms with E-state index in [1.165, 1.54) is 11.1 Å². The second-order valence-corrected chi connectivity index (χ2v) is 6.90. The first kappa shape index (κ1) is 15.9. The van der Waals surface area contributed by atoms with Gasteiger partial charge in [-0.3, -0.25) is 0 Å². The van der Waals surface area contributed by atoms with Crippen LogP contribution in [0.4, 0.5) is 0 Å². The molecule has 0 atom stereocenters. The van der Waals surface area contributed by atoms with E-state index in [1.54, 1.807) is 0 Å². The first-order valence-electron chi connectivity index (χ1n) is 8.90. The van der Waals surface area contributed by atoms with E-state index >= 15 is 0 Å². The van der Waals surface area contributed by atoms with Crippen LogP contribution >= 0.6 is 0 Å². The van der Waals surface area contributed by atoms with Crippen molar-refractivity contribution in [2.45, 2.75) is 46.1 Å². The second kappa shape index (κ2) is 6.40. The maximum atomic E-state index is 12.4. The van der Waals surface area contributed by atoms with Crippen LogP contribution < -0.4 is 10.4 Å². The van der Waals surface area contributed by atoms with E-state index in [-0.39, 0.29) is 5.63 Å². The molecule has 3 nitrogen and oxygen atoms in total. The molecule has 0 saturated carbocycles. The van der Waals surface area contributed by atoms with Crippen LogP contribution in [0.15, 0.2) is 45.6 Å². The van der Waals surface area contributed by atoms with Gasteiger partial charge in [0.2, 0.25) is 0 Å². The molecule has 0 spiro atoms. The summed E-state index contributed by atoms with van der Waals surface area (Å²) in [6, 6.07) is 12.3. The van der Waals surface area contributed by atoms with Crippen molar-refractivity contribution in [3.8, 4) is 5.75 Å². The van der Waals surface area contributed by atoms with Gasteiger partial charge >= 0.3 is 5.63 Å². The van der Waals surface area contributed by atoms with Crippen molar-refractivity contribution in [2.24, 2.45) is 0 Å². The fourth-order valence-corrected chi connectivity index (χ4v) is 3.74. The Morgan fingerprint density at radius 2 is 1.84 bits per heavy atom. The maximum absolute atomic E-state index is 12.4. The smallest absolute Gasteiger partial charge is 0.339 e. The van der Waals surface area contributed by atoms with E-state index in [0.29, 0.717) is 12.2 Å². The summed E-state index contributed by atoms with van der Waals surface area (Å²) in [7, 11) is 0. The minimum Gasteiger partial charge on any atom is -0.488 e. The lowest BCUT2D eigenvalue weighted by Crippen LogP contribution is -2.16. The third-order valence-corrected chi connectivity index (χ3v) is 5.07. The summed E-state index contributed by atoms with van der Waals surface area (Å²) < 4.78 is 11.7. The summed E-state index contributed by atoms with van der Waals surface area (Å²) in [6.07, 6.45) is 3.99. The van der Waals surface area contributed by atoms with Crippen molar-refractivity contribution in [3.63, 3.8) is 0 Å². The summed E-state index contributed by atoms with van der Waals surface area (Å²) in [5.41, 5.74) is 5.78. The maximum Gasteiger partial charge on any atom is 0.339 e. The van der Waals surface area contributed by atoms with Crippen LogP contribution in [0.25, 0.3) is 11.0 Å². The molecule has 0 aliphatic heterocycles. The normalized spacial score (nSPS) is 13.7. The van der Waals surface area contributed by atoms with Gasteiger partial charge in [0.15, 0.2) is 0 Å². The Morgan fingerprint density at radius 3 is 2.64 bits per heavy atom. The number of ether oxygens (including phenoxy) is 1. The van der Waals surface area contributed by atoms with E-state index in [9.17, 15) is 4.79 Å². The highest BCUT2D eigenvalue weighted by Crippen LogP contribution is 2.32. The fraction of sp³-hybridized carbons (Fsp3) is 0.318. The lowest BCUT2D eigenvalue weighted by Gasteiger charge is -2.18. The zero-order valence-electron chi connectivity index (χ0n) is 14.7. The Morgan fingerprint density at radius 1 is 1.04 bits per heavy atom. The average Bonchev–Trinajstić information content (AvgIpc) is 2.62. The van der Waals surface area contributed by atoms with Gasteiger partial charge in [0, 0.05) is 16.5 Å². The van der Waals surface area contributed by atoms with Crippen LogP contribution in [-0.4, -0.2) is 0 Å². The molecule has 3 heteroatoms. The third kappa shape index (κ3) is 2.95. The lowest BCUT2D eigenvalue weighted by molar-refractivity contribution is 0.304. The molecular formula is C22H22O3. The molecule has 128 valence electrons. The SMILES string of the molecule is Cc1cccc(COc2ccc3c4c(c(=O)oc3c2C)CCCC4)c1. The predicted molar refractivity (Wildman–Crippen MR) is 99.4 cm³/mol. The van der Waals surface area contributed by atoms with Crippen LogP contribution in [0.5, 0.6) is 5.75 Å². The Hall–Kier alpha value is -2.55. The van der Waals surface area contributed by atoms with Gasteiger partial charge in [-0.1, -0.05) is 29.8 Å². The fourth-order valence-electron chi connectivity index (χ4n) is 3.74. The third-order valence-electron chi connectivity index (χ3n) is 5.07. The zero-order valence-corrected chi connectivity index (χ0v) is 14.7. The van der Waals surface area contributed by atoms with Gasteiger partial charge < -0.3 is 9.15 Å². The van der Waals surface area contributed by atoms with Crippen molar-refractivity contribution < 1.29 is 9.15 Å². The zero-order chi connectivity index (χ0) is 17.4. The predicted octanol–water partition coefficient (Wildman–Crippen LogP) is 4.87. The summed E-state index contributed by atoms with van der Waals surface area (Å²) in [4.78, 5) is 12.4. The number of hydrogen-bond acceptors (Lipinski definition) is 3. The summed E-state index contributed by atoms with van der Waals surface area (Å²) >= 11 is 0. The lowest BCUT2D eigenvalue weighted by atomic mass is 9.90.